The van der Waals surface area contributed by atoms with E-state index in [-0.39, 0.29) is 0 Å². The van der Waals surface area contributed by atoms with Crippen LogP contribution in [-0.4, -0.2) is 13.2 Å². The number of methoxy groups -OCH3 is 1. The highest BCUT2D eigenvalue weighted by Gasteiger charge is 2.02. The maximum absolute atomic E-state index is 5.23. The van der Waals surface area contributed by atoms with E-state index in [0.717, 1.165) is 12.3 Å². The van der Waals surface area contributed by atoms with Crippen molar-refractivity contribution in [1.29, 1.82) is 0 Å². The normalized spacial score (nSPS) is 12.4. The van der Waals surface area contributed by atoms with Gasteiger partial charge in [-0.3, -0.25) is 0 Å². The van der Waals surface area contributed by atoms with Gasteiger partial charge in [0.05, 0.1) is 7.11 Å². The molecule has 0 heterocycles. The second kappa shape index (κ2) is 8.98. The van der Waals surface area contributed by atoms with E-state index >= 15 is 0 Å². The lowest BCUT2D eigenvalue weighted by atomic mass is 10.1. The summed E-state index contributed by atoms with van der Waals surface area (Å²) in [6.45, 7) is 5.45. The molecule has 1 N–H and O–H groups in total. The Labute approximate surface area is 112 Å². The van der Waals surface area contributed by atoms with Crippen LogP contribution in [-0.2, 0) is 6.54 Å². The van der Waals surface area contributed by atoms with E-state index in [4.69, 9.17) is 4.74 Å². The van der Waals surface area contributed by atoms with E-state index in [9.17, 15) is 0 Å². The molecule has 2 heteroatoms. The molecule has 1 rings (SSSR count). The molecule has 1 aromatic rings. The van der Waals surface area contributed by atoms with E-state index < -0.39 is 0 Å². The molecule has 0 spiro atoms. The zero-order valence-electron chi connectivity index (χ0n) is 12.0. The number of hydrogen-bond acceptors (Lipinski definition) is 2. The Morgan fingerprint density at radius 2 is 2.06 bits per heavy atom. The Kier molecular flexibility index (Phi) is 7.51. The van der Waals surface area contributed by atoms with E-state index in [1.165, 1.54) is 37.7 Å². The first-order valence-corrected chi connectivity index (χ1v) is 7.12. The Morgan fingerprint density at radius 1 is 1.22 bits per heavy atom. The van der Waals surface area contributed by atoms with Crippen LogP contribution in [0.1, 0.15) is 51.5 Å². The molecule has 1 aromatic carbocycles. The van der Waals surface area contributed by atoms with Gasteiger partial charge in [-0.1, -0.05) is 44.7 Å². The van der Waals surface area contributed by atoms with Gasteiger partial charge in [-0.15, -0.1) is 0 Å². The van der Waals surface area contributed by atoms with Crippen molar-refractivity contribution in [3.8, 4) is 5.75 Å². The molecule has 0 aliphatic carbocycles. The number of benzene rings is 1. The van der Waals surface area contributed by atoms with Crippen molar-refractivity contribution in [3.63, 3.8) is 0 Å². The van der Waals surface area contributed by atoms with Crippen molar-refractivity contribution in [2.24, 2.45) is 0 Å². The molecule has 102 valence electrons. The number of rotatable bonds is 9. The maximum Gasteiger partial charge on any atom is 0.119 e. The first kappa shape index (κ1) is 15.0. The predicted octanol–water partition coefficient (Wildman–Crippen LogP) is 4.14. The summed E-state index contributed by atoms with van der Waals surface area (Å²) in [5.74, 6) is 0.935. The minimum atomic E-state index is 0.591. The third kappa shape index (κ3) is 6.06. The van der Waals surface area contributed by atoms with Gasteiger partial charge in [0.1, 0.15) is 5.75 Å². The predicted molar refractivity (Wildman–Crippen MR) is 78.1 cm³/mol. The Balaban J connectivity index is 2.22. The largest absolute Gasteiger partial charge is 0.497 e. The molecule has 0 bridgehead atoms. The summed E-state index contributed by atoms with van der Waals surface area (Å²) in [7, 11) is 1.71. The smallest absolute Gasteiger partial charge is 0.119 e. The molecule has 0 aliphatic rings. The van der Waals surface area contributed by atoms with Gasteiger partial charge in [-0.25, -0.2) is 0 Å². The number of hydrogen-bond donors (Lipinski definition) is 1. The molecule has 0 aromatic heterocycles. The van der Waals surface area contributed by atoms with E-state index in [1.807, 2.05) is 12.1 Å². The first-order valence-electron chi connectivity index (χ1n) is 7.12. The van der Waals surface area contributed by atoms with Crippen LogP contribution in [0.5, 0.6) is 5.75 Å². The second-order valence-electron chi connectivity index (χ2n) is 4.98. The quantitative estimate of drug-likeness (QED) is 0.664. The lowest BCUT2D eigenvalue weighted by Gasteiger charge is -2.14. The minimum Gasteiger partial charge on any atom is -0.497 e. The SMILES string of the molecule is CCCCCCC(C)NCc1cccc(OC)c1. The highest BCUT2D eigenvalue weighted by atomic mass is 16.5. The van der Waals surface area contributed by atoms with Gasteiger partial charge in [0.2, 0.25) is 0 Å². The zero-order chi connectivity index (χ0) is 13.2. The third-order valence-corrected chi connectivity index (χ3v) is 3.28. The highest BCUT2D eigenvalue weighted by molar-refractivity contribution is 5.28. The van der Waals surface area contributed by atoms with Crippen LogP contribution in [0.2, 0.25) is 0 Å². The molecule has 0 amide bonds. The summed E-state index contributed by atoms with van der Waals surface area (Å²) in [6, 6.07) is 8.85. The number of nitrogens with one attached hydrogen (secondary N) is 1. The first-order chi connectivity index (χ1) is 8.76. The van der Waals surface area contributed by atoms with Crippen LogP contribution < -0.4 is 10.1 Å². The van der Waals surface area contributed by atoms with Crippen LogP contribution in [0.15, 0.2) is 24.3 Å². The Morgan fingerprint density at radius 3 is 2.78 bits per heavy atom. The molecular formula is C16H27NO. The van der Waals surface area contributed by atoms with E-state index in [2.05, 4.69) is 31.3 Å². The lowest BCUT2D eigenvalue weighted by molar-refractivity contribution is 0.413. The van der Waals surface area contributed by atoms with Crippen molar-refractivity contribution in [1.82, 2.24) is 5.32 Å². The second-order valence-corrected chi connectivity index (χ2v) is 4.98. The molecule has 0 aliphatic heterocycles. The van der Waals surface area contributed by atoms with Crippen LogP contribution >= 0.6 is 0 Å². The topological polar surface area (TPSA) is 21.3 Å². The van der Waals surface area contributed by atoms with Crippen LogP contribution in [0.3, 0.4) is 0 Å². The summed E-state index contributed by atoms with van der Waals surface area (Å²) >= 11 is 0. The molecular weight excluding hydrogens is 222 g/mol. The fourth-order valence-electron chi connectivity index (χ4n) is 2.05. The minimum absolute atomic E-state index is 0.591. The van der Waals surface area contributed by atoms with Crippen LogP contribution in [0, 0.1) is 0 Å². The summed E-state index contributed by atoms with van der Waals surface area (Å²) in [5.41, 5.74) is 1.29. The average molecular weight is 249 g/mol. The molecule has 0 fully saturated rings. The maximum atomic E-state index is 5.23. The van der Waals surface area contributed by atoms with Crippen LogP contribution in [0.25, 0.3) is 0 Å². The van der Waals surface area contributed by atoms with Crippen molar-refractivity contribution in [3.05, 3.63) is 29.8 Å². The summed E-state index contributed by atoms with van der Waals surface area (Å²) in [6.07, 6.45) is 6.64. The van der Waals surface area contributed by atoms with Crippen molar-refractivity contribution < 1.29 is 4.74 Å². The summed E-state index contributed by atoms with van der Waals surface area (Å²) in [5, 5.41) is 3.57. The average Bonchev–Trinajstić information content (AvgIpc) is 2.41. The standard InChI is InChI=1S/C16H27NO/c1-4-5-6-7-9-14(2)17-13-15-10-8-11-16(12-15)18-3/h8,10-12,14,17H,4-7,9,13H2,1-3H3. The van der Waals surface area contributed by atoms with Crippen molar-refractivity contribution in [2.75, 3.05) is 7.11 Å². The van der Waals surface area contributed by atoms with Gasteiger partial charge in [0.15, 0.2) is 0 Å². The third-order valence-electron chi connectivity index (χ3n) is 3.28. The molecule has 2 nitrogen and oxygen atoms in total. The fourth-order valence-corrected chi connectivity index (χ4v) is 2.05. The number of unbranched alkanes of at least 4 members (excludes halogenated alkanes) is 3. The highest BCUT2D eigenvalue weighted by Crippen LogP contribution is 2.13. The van der Waals surface area contributed by atoms with Crippen LogP contribution in [0.4, 0.5) is 0 Å². The molecule has 1 atom stereocenters. The molecule has 18 heavy (non-hydrogen) atoms. The summed E-state index contributed by atoms with van der Waals surface area (Å²) in [4.78, 5) is 0. The summed E-state index contributed by atoms with van der Waals surface area (Å²) < 4.78 is 5.23. The van der Waals surface area contributed by atoms with Gasteiger partial charge >= 0.3 is 0 Å². The van der Waals surface area contributed by atoms with Crippen molar-refractivity contribution >= 4 is 0 Å². The van der Waals surface area contributed by atoms with Gasteiger partial charge in [0, 0.05) is 12.6 Å². The fraction of sp³-hybridized carbons (Fsp3) is 0.625. The van der Waals surface area contributed by atoms with Gasteiger partial charge in [-0.2, -0.15) is 0 Å². The lowest BCUT2D eigenvalue weighted by Crippen LogP contribution is -2.25. The van der Waals surface area contributed by atoms with Gasteiger partial charge < -0.3 is 10.1 Å². The Bertz CT molecular complexity index is 325. The van der Waals surface area contributed by atoms with Crippen molar-refractivity contribution in [2.45, 2.75) is 58.5 Å². The van der Waals surface area contributed by atoms with E-state index in [1.54, 1.807) is 7.11 Å². The monoisotopic (exact) mass is 249 g/mol. The molecule has 1 unspecified atom stereocenters. The van der Waals surface area contributed by atoms with E-state index in [0.29, 0.717) is 6.04 Å². The van der Waals surface area contributed by atoms with Gasteiger partial charge in [-0.05, 0) is 31.0 Å². The Hall–Kier alpha value is -1.02. The molecule has 0 radical (unpaired) electrons. The molecule has 0 saturated heterocycles. The zero-order valence-corrected chi connectivity index (χ0v) is 12.0. The number of ether oxygens (including phenoxy) is 1. The molecule has 0 saturated carbocycles. The van der Waals surface area contributed by atoms with Gasteiger partial charge in [0.25, 0.3) is 0 Å².